The van der Waals surface area contributed by atoms with E-state index in [-0.39, 0.29) is 23.0 Å². The van der Waals surface area contributed by atoms with Crippen molar-refractivity contribution in [2.75, 3.05) is 0 Å². The van der Waals surface area contributed by atoms with Crippen molar-refractivity contribution in [3.8, 4) is 5.75 Å². The minimum atomic E-state index is -0.532. The molecule has 1 aromatic carbocycles. The third-order valence-corrected chi connectivity index (χ3v) is 3.91. The van der Waals surface area contributed by atoms with Crippen LogP contribution in [-0.2, 0) is 4.79 Å². The summed E-state index contributed by atoms with van der Waals surface area (Å²) >= 11 is 0. The maximum Gasteiger partial charge on any atom is 0.237 e. The summed E-state index contributed by atoms with van der Waals surface area (Å²) in [5.74, 6) is 0.725. The van der Waals surface area contributed by atoms with Gasteiger partial charge in [-0.15, -0.1) is 0 Å². The summed E-state index contributed by atoms with van der Waals surface area (Å²) in [6, 6.07) is 7.25. The Labute approximate surface area is 127 Å². The van der Waals surface area contributed by atoms with Crippen molar-refractivity contribution in [3.05, 3.63) is 29.8 Å². The molecule has 1 aliphatic rings. The van der Waals surface area contributed by atoms with Gasteiger partial charge in [-0.1, -0.05) is 39.0 Å². The van der Waals surface area contributed by atoms with Crippen LogP contribution in [0, 0.1) is 5.41 Å². The quantitative estimate of drug-likeness (QED) is 0.880. The Bertz CT molecular complexity index is 532. The number of ether oxygens (including phenoxy) is 1. The highest BCUT2D eigenvalue weighted by molar-refractivity contribution is 5.82. The summed E-state index contributed by atoms with van der Waals surface area (Å²) in [7, 11) is 0. The Kier molecular flexibility index (Phi) is 4.02. The topological polar surface area (TPSA) is 64.4 Å². The van der Waals surface area contributed by atoms with Gasteiger partial charge in [-0.05, 0) is 25.3 Å². The summed E-state index contributed by atoms with van der Waals surface area (Å²) in [6.45, 7) is 9.98. The van der Waals surface area contributed by atoms with E-state index in [4.69, 9.17) is 10.5 Å². The zero-order chi connectivity index (χ0) is 15.8. The van der Waals surface area contributed by atoms with Gasteiger partial charge in [-0.25, -0.2) is 0 Å². The smallest absolute Gasteiger partial charge is 0.237 e. The molecule has 4 heteroatoms. The van der Waals surface area contributed by atoms with Gasteiger partial charge in [-0.3, -0.25) is 4.79 Å². The van der Waals surface area contributed by atoms with E-state index >= 15 is 0 Å². The number of hydrogen-bond donors (Lipinski definition) is 2. The van der Waals surface area contributed by atoms with Crippen LogP contribution in [0.15, 0.2) is 24.3 Å². The number of carbonyl (C=O) groups excluding carboxylic acids is 1. The first kappa shape index (κ1) is 15.8. The van der Waals surface area contributed by atoms with Gasteiger partial charge in [0.2, 0.25) is 5.91 Å². The standard InChI is InChI=1S/C17H26N2O2/c1-16(2,3)14(18)15(20)19-12-10-17(4,5)21-13-9-7-6-8-11(12)13/h6-9,12,14H,10,18H2,1-5H3,(H,19,20)/t12?,14-/m1/s1. The maximum atomic E-state index is 12.4. The fourth-order valence-electron chi connectivity index (χ4n) is 2.59. The zero-order valence-corrected chi connectivity index (χ0v) is 13.6. The number of nitrogens with two attached hydrogens (primary N) is 1. The van der Waals surface area contributed by atoms with Crippen LogP contribution in [0.25, 0.3) is 0 Å². The van der Waals surface area contributed by atoms with Gasteiger partial charge in [0.1, 0.15) is 11.4 Å². The normalized spacial score (nSPS) is 21.9. The lowest BCUT2D eigenvalue weighted by Crippen LogP contribution is -2.51. The minimum absolute atomic E-state index is 0.0640. The van der Waals surface area contributed by atoms with E-state index in [2.05, 4.69) is 5.32 Å². The molecule has 0 radical (unpaired) electrons. The summed E-state index contributed by atoms with van der Waals surface area (Å²) in [5, 5.41) is 3.09. The Balaban J connectivity index is 2.22. The number of para-hydroxylation sites is 1. The number of nitrogens with one attached hydrogen (secondary N) is 1. The molecular formula is C17H26N2O2. The molecule has 2 atom stereocenters. The lowest BCUT2D eigenvalue weighted by Gasteiger charge is -2.38. The first-order valence-corrected chi connectivity index (χ1v) is 7.44. The van der Waals surface area contributed by atoms with E-state index in [1.807, 2.05) is 58.9 Å². The second kappa shape index (κ2) is 5.34. The van der Waals surface area contributed by atoms with E-state index in [0.29, 0.717) is 0 Å². The molecule has 0 fully saturated rings. The lowest BCUT2D eigenvalue weighted by molar-refractivity contribution is -0.125. The molecule has 3 N–H and O–H groups in total. The molecule has 2 rings (SSSR count). The molecule has 0 bridgehead atoms. The molecule has 0 aromatic heterocycles. The first-order valence-electron chi connectivity index (χ1n) is 7.44. The van der Waals surface area contributed by atoms with Gasteiger partial charge in [0, 0.05) is 12.0 Å². The van der Waals surface area contributed by atoms with E-state index in [0.717, 1.165) is 17.7 Å². The number of carbonyl (C=O) groups is 1. The number of hydrogen-bond acceptors (Lipinski definition) is 3. The van der Waals surface area contributed by atoms with Crippen molar-refractivity contribution in [3.63, 3.8) is 0 Å². The fraction of sp³-hybridized carbons (Fsp3) is 0.588. The maximum absolute atomic E-state index is 12.4. The first-order chi connectivity index (χ1) is 9.60. The van der Waals surface area contributed by atoms with Crippen molar-refractivity contribution in [1.82, 2.24) is 5.32 Å². The molecular weight excluding hydrogens is 264 g/mol. The monoisotopic (exact) mass is 290 g/mol. The molecule has 4 nitrogen and oxygen atoms in total. The van der Waals surface area contributed by atoms with Crippen LogP contribution in [0.1, 0.15) is 52.6 Å². The third kappa shape index (κ3) is 3.56. The van der Waals surface area contributed by atoms with Crippen LogP contribution in [-0.4, -0.2) is 17.6 Å². The Morgan fingerprint density at radius 3 is 2.62 bits per heavy atom. The molecule has 1 heterocycles. The number of amides is 1. The van der Waals surface area contributed by atoms with Gasteiger partial charge >= 0.3 is 0 Å². The van der Waals surface area contributed by atoms with Crippen LogP contribution >= 0.6 is 0 Å². The molecule has 0 spiro atoms. The Morgan fingerprint density at radius 2 is 2.00 bits per heavy atom. The average Bonchev–Trinajstić information content (AvgIpc) is 2.35. The van der Waals surface area contributed by atoms with E-state index in [1.54, 1.807) is 0 Å². The summed E-state index contributed by atoms with van der Waals surface area (Å²) in [5.41, 5.74) is 6.51. The van der Waals surface area contributed by atoms with Crippen molar-refractivity contribution >= 4 is 5.91 Å². The minimum Gasteiger partial charge on any atom is -0.487 e. The second-order valence-electron chi connectivity index (χ2n) is 7.51. The molecule has 0 saturated heterocycles. The molecule has 116 valence electrons. The van der Waals surface area contributed by atoms with Crippen LogP contribution in [0.2, 0.25) is 0 Å². The van der Waals surface area contributed by atoms with Crippen molar-refractivity contribution in [2.45, 2.75) is 58.7 Å². The molecule has 1 unspecified atom stereocenters. The molecule has 1 amide bonds. The van der Waals surface area contributed by atoms with Gasteiger partial charge in [-0.2, -0.15) is 0 Å². The average molecular weight is 290 g/mol. The van der Waals surface area contributed by atoms with E-state index in [9.17, 15) is 4.79 Å². The number of fused-ring (bicyclic) bond motifs is 1. The Hall–Kier alpha value is -1.55. The highest BCUT2D eigenvalue weighted by Gasteiger charge is 2.36. The van der Waals surface area contributed by atoms with Gasteiger partial charge in [0.15, 0.2) is 0 Å². The fourth-order valence-corrected chi connectivity index (χ4v) is 2.59. The molecule has 0 saturated carbocycles. The molecule has 0 aliphatic carbocycles. The second-order valence-corrected chi connectivity index (χ2v) is 7.51. The summed E-state index contributed by atoms with van der Waals surface area (Å²) < 4.78 is 5.98. The van der Waals surface area contributed by atoms with Gasteiger partial charge < -0.3 is 15.8 Å². The van der Waals surface area contributed by atoms with E-state index < -0.39 is 6.04 Å². The SMILES string of the molecule is CC1(C)CC(NC(=O)[C@@H](N)C(C)(C)C)c2ccccc2O1. The largest absolute Gasteiger partial charge is 0.487 e. The zero-order valence-electron chi connectivity index (χ0n) is 13.6. The molecule has 21 heavy (non-hydrogen) atoms. The predicted octanol–water partition coefficient (Wildman–Crippen LogP) is 2.78. The third-order valence-electron chi connectivity index (χ3n) is 3.91. The highest BCUT2D eigenvalue weighted by Crippen LogP contribution is 2.39. The summed E-state index contributed by atoms with van der Waals surface area (Å²) in [4.78, 5) is 12.4. The number of benzene rings is 1. The predicted molar refractivity (Wildman–Crippen MR) is 84.1 cm³/mol. The van der Waals surface area contributed by atoms with Crippen LogP contribution in [0.4, 0.5) is 0 Å². The van der Waals surface area contributed by atoms with Crippen LogP contribution < -0.4 is 15.8 Å². The van der Waals surface area contributed by atoms with Crippen LogP contribution in [0.3, 0.4) is 0 Å². The lowest BCUT2D eigenvalue weighted by atomic mass is 9.85. The van der Waals surface area contributed by atoms with Crippen molar-refractivity contribution in [1.29, 1.82) is 0 Å². The summed E-state index contributed by atoms with van der Waals surface area (Å²) in [6.07, 6.45) is 0.729. The Morgan fingerprint density at radius 1 is 1.38 bits per heavy atom. The molecule has 1 aliphatic heterocycles. The van der Waals surface area contributed by atoms with Crippen LogP contribution in [0.5, 0.6) is 5.75 Å². The van der Waals surface area contributed by atoms with Crippen molar-refractivity contribution in [2.24, 2.45) is 11.1 Å². The van der Waals surface area contributed by atoms with Gasteiger partial charge in [0.05, 0.1) is 12.1 Å². The van der Waals surface area contributed by atoms with Gasteiger partial charge in [0.25, 0.3) is 0 Å². The molecule has 1 aromatic rings. The van der Waals surface area contributed by atoms with E-state index in [1.165, 1.54) is 0 Å². The highest BCUT2D eigenvalue weighted by atomic mass is 16.5. The van der Waals surface area contributed by atoms with Crippen molar-refractivity contribution < 1.29 is 9.53 Å². The number of rotatable bonds is 2.